The van der Waals surface area contributed by atoms with Crippen molar-refractivity contribution in [1.82, 2.24) is 0 Å². The van der Waals surface area contributed by atoms with E-state index in [1.54, 1.807) is 60.7 Å². The molecule has 0 bridgehead atoms. The van der Waals surface area contributed by atoms with Crippen LogP contribution in [0.2, 0.25) is 0 Å². The van der Waals surface area contributed by atoms with Crippen molar-refractivity contribution in [2.75, 3.05) is 0 Å². The van der Waals surface area contributed by atoms with E-state index in [1.165, 1.54) is 31.8 Å². The molecule has 0 aliphatic rings. The Morgan fingerprint density at radius 1 is 0.317 bits per heavy atom. The molecule has 8 aromatic carbocycles. The van der Waals surface area contributed by atoms with E-state index in [1.807, 2.05) is 0 Å². The molecule has 0 aliphatic carbocycles. The predicted molar refractivity (Wildman–Crippen MR) is 241 cm³/mol. The van der Waals surface area contributed by atoms with E-state index in [2.05, 4.69) is 195 Å². The van der Waals surface area contributed by atoms with Gasteiger partial charge in [-0.15, -0.1) is 0 Å². The molecule has 10 heteroatoms. The van der Waals surface area contributed by atoms with Crippen molar-refractivity contribution >= 4 is 65.1 Å². The quantitative estimate of drug-likeness (QED) is 0.0893. The second kappa shape index (κ2) is 23.8. The van der Waals surface area contributed by atoms with Gasteiger partial charge in [0.1, 0.15) is 0 Å². The van der Waals surface area contributed by atoms with Gasteiger partial charge in [-0.1, -0.05) is 182 Å². The van der Waals surface area contributed by atoms with Crippen LogP contribution in [0, 0.1) is 23.6 Å². The molecule has 0 unspecified atom stereocenters. The summed E-state index contributed by atoms with van der Waals surface area (Å²) < 4.78 is 38.3. The fourth-order valence-electron chi connectivity index (χ4n) is 6.34. The number of benzene rings is 8. The van der Waals surface area contributed by atoms with Crippen molar-refractivity contribution < 1.29 is 73.1 Å². The van der Waals surface area contributed by atoms with Gasteiger partial charge in [-0.05, 0) is 47.7 Å². The first-order chi connectivity index (χ1) is 28.1. The molecule has 8 aromatic rings. The second-order valence-electron chi connectivity index (χ2n) is 13.2. The van der Waals surface area contributed by atoms with Gasteiger partial charge in [0, 0.05) is 0 Å². The Morgan fingerprint density at radius 2 is 0.483 bits per heavy atom. The van der Waals surface area contributed by atoms with Crippen LogP contribution in [0.5, 0.6) is 0 Å². The molecular formula is C50H44Au2ClO4P3. The van der Waals surface area contributed by atoms with E-state index >= 15 is 0 Å². The van der Waals surface area contributed by atoms with Crippen LogP contribution in [-0.4, -0.2) is 0 Å². The molecule has 0 amide bonds. The minimum atomic E-state index is -4.66. The predicted octanol–water partition coefficient (Wildman–Crippen LogP) is 6.49. The van der Waals surface area contributed by atoms with Gasteiger partial charge in [-0.2, -0.15) is 0 Å². The normalized spacial score (nSPS) is 11.6. The monoisotopic (exact) mass is 1230 g/mol. The van der Waals surface area contributed by atoms with Crippen molar-refractivity contribution in [2.45, 2.75) is 0 Å². The maximum absolute atomic E-state index is 11.1. The molecule has 0 atom stereocenters. The van der Waals surface area contributed by atoms with Crippen molar-refractivity contribution in [2.24, 2.45) is 0 Å². The van der Waals surface area contributed by atoms with Gasteiger partial charge < -0.3 is 0 Å². The van der Waals surface area contributed by atoms with Crippen LogP contribution < -0.4 is 56.4 Å². The molecular weight excluding hydrogens is 1190 g/mol. The maximum Gasteiger partial charge on any atom is -0.0134 e. The summed E-state index contributed by atoms with van der Waals surface area (Å²) in [7, 11) is -5.55. The van der Waals surface area contributed by atoms with Gasteiger partial charge in [0.05, 0.1) is 0 Å². The maximum atomic E-state index is 11.1. The molecule has 0 aromatic heterocycles. The third kappa shape index (κ3) is 13.6. The molecule has 312 valence electrons. The number of hydrogen-bond donors (Lipinski definition) is 0. The van der Waals surface area contributed by atoms with Gasteiger partial charge in [0.25, 0.3) is 0 Å². The summed E-state index contributed by atoms with van der Waals surface area (Å²) in [6, 6.07) is 81.7. The van der Waals surface area contributed by atoms with E-state index in [0.29, 0.717) is 10.6 Å². The summed E-state index contributed by atoms with van der Waals surface area (Å²) in [5, 5.41) is 9.35. The molecule has 60 heavy (non-hydrogen) atoms. The van der Waals surface area contributed by atoms with Crippen LogP contribution in [0.15, 0.2) is 243 Å². The van der Waals surface area contributed by atoms with E-state index in [0.717, 1.165) is 0 Å². The topological polar surface area (TPSA) is 78.4 Å². The summed E-state index contributed by atoms with van der Waals surface area (Å²) in [4.78, 5) is 0. The molecule has 4 nitrogen and oxygen atoms in total. The Labute approximate surface area is 391 Å². The molecule has 0 fully saturated rings. The average Bonchev–Trinajstić information content (AvgIpc) is 3.27. The molecule has 0 aliphatic heterocycles. The molecule has 8 rings (SSSR count). The molecule has 0 radical (unpaired) electrons. The van der Waals surface area contributed by atoms with Gasteiger partial charge in [-0.3, -0.25) is 0 Å². The second-order valence-corrected chi connectivity index (χ2v) is 22.8. The largest absolute Gasteiger partial charge is 0.0622 e. The summed E-state index contributed by atoms with van der Waals surface area (Å²) >= 11 is 0. The average molecular weight is 1230 g/mol. The van der Waals surface area contributed by atoms with E-state index < -0.39 is 32.9 Å². The SMILES string of the molecule is [Au+].[Au+].[CH2-]P([CH2-])(O[Cl+3]([O-])([O-])[O-])(c1ccccc1)c1ccccc1.c1ccc(P(c2ccccc2)c2ccccc2)cc1.c1ccc(P(c2ccccc2)c2ccccc2)cc1. The van der Waals surface area contributed by atoms with Crippen LogP contribution in [-0.2, 0) is 48.8 Å². The zero-order valence-corrected chi connectivity index (χ0v) is 40.2. The standard InChI is InChI=1S/2C18H15P.C14H14ClO4P.2Au/c2*1-4-10-16(11-5-1)19(17-12-6-2-7-13-17)18-14-8-3-9-15-18;1-20(2,19-15(16,17)18,13-9-5-3-6-10-13)14-11-7-4-8-12-14;;/h2*1-15H;3-12H,1-2H2;;/q;;-2;2*+1. The summed E-state index contributed by atoms with van der Waals surface area (Å²) in [5.74, 6) is 0. The van der Waals surface area contributed by atoms with Crippen LogP contribution in [0.1, 0.15) is 0 Å². The number of rotatable bonds is 10. The Bertz CT molecular complexity index is 2040. The molecule has 0 saturated heterocycles. The van der Waals surface area contributed by atoms with Gasteiger partial charge >= 0.3 is 164 Å². The van der Waals surface area contributed by atoms with E-state index in [4.69, 9.17) is 4.08 Å². The third-order valence-corrected chi connectivity index (χ3v) is 18.9. The number of halogens is 1. The van der Waals surface area contributed by atoms with Crippen molar-refractivity contribution in [3.63, 3.8) is 0 Å². The smallest absolute Gasteiger partial charge is 0.0134 e. The zero-order valence-electron chi connectivity index (χ0n) is 32.5. The Balaban J connectivity index is 0.000000195. The Kier molecular flexibility index (Phi) is 19.5. The fourth-order valence-corrected chi connectivity index (χ4v) is 15.2. The third-order valence-electron chi connectivity index (χ3n) is 9.05. The summed E-state index contributed by atoms with van der Waals surface area (Å²) in [6.07, 6.45) is 0. The van der Waals surface area contributed by atoms with E-state index in [9.17, 15) is 14.0 Å². The Hall–Kier alpha value is -3.34. The zero-order chi connectivity index (χ0) is 40.7. The molecule has 0 spiro atoms. The van der Waals surface area contributed by atoms with Crippen LogP contribution in [0.3, 0.4) is 0 Å². The van der Waals surface area contributed by atoms with Crippen molar-refractivity contribution in [1.29, 1.82) is 0 Å². The fraction of sp³-hybridized carbons (Fsp3) is 0. The number of hydrogen-bond acceptors (Lipinski definition) is 4. The molecule has 0 saturated carbocycles. The first kappa shape index (κ1) is 49.3. The van der Waals surface area contributed by atoms with Crippen molar-refractivity contribution in [3.05, 3.63) is 256 Å². The van der Waals surface area contributed by atoms with Gasteiger partial charge in [0.2, 0.25) is 0 Å². The Morgan fingerprint density at radius 3 is 0.650 bits per heavy atom. The van der Waals surface area contributed by atoms with Crippen LogP contribution in [0.4, 0.5) is 0 Å². The minimum Gasteiger partial charge on any atom is -0.0622 e. The molecule has 0 N–H and O–H groups in total. The summed E-state index contributed by atoms with van der Waals surface area (Å²) in [5.41, 5.74) is 0. The first-order valence-electron chi connectivity index (χ1n) is 18.5. The van der Waals surface area contributed by atoms with E-state index in [-0.39, 0.29) is 44.8 Å². The minimum absolute atomic E-state index is 0. The summed E-state index contributed by atoms with van der Waals surface area (Å²) in [6.45, 7) is 3.83. The van der Waals surface area contributed by atoms with Crippen LogP contribution >= 0.6 is 22.7 Å². The van der Waals surface area contributed by atoms with Gasteiger partial charge in [0.15, 0.2) is 0 Å². The van der Waals surface area contributed by atoms with Crippen molar-refractivity contribution in [3.8, 4) is 0 Å². The van der Waals surface area contributed by atoms with Gasteiger partial charge in [-0.25, -0.2) is 0 Å². The van der Waals surface area contributed by atoms with Crippen LogP contribution in [0.25, 0.3) is 0 Å². The molecule has 0 heterocycles. The first-order valence-corrected chi connectivity index (χ1v) is 24.9.